The van der Waals surface area contributed by atoms with Crippen LogP contribution in [0, 0.1) is 14.9 Å². The predicted octanol–water partition coefficient (Wildman–Crippen LogP) is 0.934. The Hall–Kier alpha value is -0.620. The van der Waals surface area contributed by atoms with Crippen molar-refractivity contribution in [2.24, 2.45) is 5.73 Å². The van der Waals surface area contributed by atoms with Gasteiger partial charge in [-0.15, -0.1) is 0 Å². The second kappa shape index (κ2) is 15.4. The molecule has 0 spiro atoms. The number of hydrogen-bond acceptors (Lipinski definition) is 3. The molecule has 0 heterocycles. The van der Waals surface area contributed by atoms with Gasteiger partial charge in [0, 0.05) is 0 Å². The van der Waals surface area contributed by atoms with Crippen molar-refractivity contribution in [1.29, 1.82) is 0 Å². The van der Waals surface area contributed by atoms with Gasteiger partial charge in [-0.1, -0.05) is 18.2 Å². The van der Waals surface area contributed by atoms with Crippen molar-refractivity contribution in [3.05, 3.63) is 50.7 Å². The fourth-order valence-electron chi connectivity index (χ4n) is 0.581. The predicted molar refractivity (Wildman–Crippen MR) is 68.7 cm³/mol. The minimum Gasteiger partial charge on any atom is -0.480 e. The van der Waals surface area contributed by atoms with E-state index in [-0.39, 0.29) is 59.1 Å². The van der Waals surface area contributed by atoms with E-state index >= 15 is 0 Å². The first kappa shape index (κ1) is 25.3. The first-order valence-corrected chi connectivity index (χ1v) is 3.78. The summed E-state index contributed by atoms with van der Waals surface area (Å²) < 4.78 is 0. The van der Waals surface area contributed by atoms with Crippen molar-refractivity contribution in [1.82, 2.24) is 0 Å². The third kappa shape index (κ3) is 15.4. The summed E-state index contributed by atoms with van der Waals surface area (Å²) >= 11 is 0. The molecule has 17 heavy (non-hydrogen) atoms. The minimum atomic E-state index is -0.968. The number of hydrogen-bond donors (Lipinski definition) is 3. The van der Waals surface area contributed by atoms with Gasteiger partial charge in [-0.05, 0) is 12.1 Å². The number of benzene rings is 1. The molecule has 1 rings (SSSR count). The number of aliphatic carboxylic acids is 1. The van der Waals surface area contributed by atoms with Crippen LogP contribution in [0.2, 0.25) is 0 Å². The number of carboxylic acids is 2. The van der Waals surface area contributed by atoms with Crippen LogP contribution < -0.4 is 5.73 Å². The molecule has 0 radical (unpaired) electrons. The molecule has 0 saturated carbocycles. The summed E-state index contributed by atoms with van der Waals surface area (Å²) in [4.78, 5) is 19.4. The quantitative estimate of drug-likeness (QED) is 0.547. The Morgan fingerprint density at radius 3 is 1.59 bits per heavy atom. The van der Waals surface area contributed by atoms with Crippen molar-refractivity contribution in [3.63, 3.8) is 0 Å². The summed E-state index contributed by atoms with van der Waals surface area (Å²) in [5.41, 5.74) is 4.90. The van der Waals surface area contributed by atoms with Crippen molar-refractivity contribution >= 4 is 49.7 Å². The Balaban J connectivity index is -0.0000000948. The monoisotopic (exact) mass is 267 g/mol. The summed E-state index contributed by atoms with van der Waals surface area (Å²) in [6.45, 7) is -0.278. The van der Waals surface area contributed by atoms with E-state index in [0.717, 1.165) is 0 Å². The van der Waals surface area contributed by atoms with E-state index in [1.807, 2.05) is 0 Å². The van der Waals surface area contributed by atoms with Gasteiger partial charge in [0.1, 0.15) is 0 Å². The molecule has 0 fully saturated rings. The van der Waals surface area contributed by atoms with E-state index in [2.05, 4.69) is 5.73 Å². The van der Waals surface area contributed by atoms with Crippen LogP contribution in [-0.2, 0) is 4.79 Å². The van der Waals surface area contributed by atoms with Gasteiger partial charge >= 0.3 is 49.7 Å². The molecule has 4 N–H and O–H groups in total. The molecule has 0 aliphatic rings. The van der Waals surface area contributed by atoms with E-state index < -0.39 is 11.9 Å². The Morgan fingerprint density at radius 1 is 1.06 bits per heavy atom. The molecule has 0 aliphatic heterocycles. The number of carboxylic acid groups (broad SMARTS) is 2. The summed E-state index contributed by atoms with van der Waals surface area (Å²) in [6.07, 6.45) is 0. The van der Waals surface area contributed by atoms with Crippen molar-refractivity contribution < 1.29 is 19.8 Å². The maximum Gasteiger partial charge on any atom is 2.00 e. The molecular weight excluding hydrogens is 250 g/mol. The molecular formula is C11H17CaNO4. The third-order valence-electron chi connectivity index (χ3n) is 1.20. The van der Waals surface area contributed by atoms with Gasteiger partial charge in [0.05, 0.1) is 12.1 Å². The standard InChI is InChI=1S/C7H6O2.C2H5NO2.2CH3.Ca/c8-7(9)6-4-2-1-3-5-6;3-1-2(4)5;;;/h1-5H,(H,8,9);1,3H2,(H,4,5);2*1H3;/q;;2*-1;+2. The van der Waals surface area contributed by atoms with Crippen LogP contribution in [0.25, 0.3) is 0 Å². The van der Waals surface area contributed by atoms with Crippen LogP contribution in [0.4, 0.5) is 0 Å². The fourth-order valence-corrected chi connectivity index (χ4v) is 0.581. The maximum absolute atomic E-state index is 10.2. The molecule has 0 saturated heterocycles. The zero-order valence-electron chi connectivity index (χ0n) is 10.1. The average molecular weight is 267 g/mol. The minimum absolute atomic E-state index is 0. The van der Waals surface area contributed by atoms with Crippen LogP contribution >= 0.6 is 0 Å². The SMILES string of the molecule is NCC(=O)O.O=C(O)c1ccccc1.[CH3-].[CH3-].[Ca+2]. The normalized spacial score (nSPS) is 6.88. The van der Waals surface area contributed by atoms with Gasteiger partial charge < -0.3 is 30.8 Å². The van der Waals surface area contributed by atoms with Gasteiger partial charge in [-0.3, -0.25) is 4.79 Å². The number of carbonyl (C=O) groups is 2. The molecule has 0 bridgehead atoms. The summed E-state index contributed by atoms with van der Waals surface area (Å²) in [5.74, 6) is -1.85. The second-order valence-electron chi connectivity index (χ2n) is 2.27. The van der Waals surface area contributed by atoms with Crippen LogP contribution in [0.5, 0.6) is 0 Å². The Morgan fingerprint density at radius 2 is 1.41 bits per heavy atom. The first-order valence-electron chi connectivity index (χ1n) is 3.78. The average Bonchev–Trinajstić information content (AvgIpc) is 2.20. The smallest absolute Gasteiger partial charge is 0.480 e. The first-order chi connectivity index (χ1) is 6.57. The molecule has 0 atom stereocenters. The van der Waals surface area contributed by atoms with Gasteiger partial charge in [0.15, 0.2) is 0 Å². The van der Waals surface area contributed by atoms with E-state index in [9.17, 15) is 9.59 Å². The Labute approximate surface area is 132 Å². The molecule has 0 amide bonds. The van der Waals surface area contributed by atoms with Crippen LogP contribution in [0.15, 0.2) is 30.3 Å². The van der Waals surface area contributed by atoms with Crippen LogP contribution in [0.3, 0.4) is 0 Å². The van der Waals surface area contributed by atoms with E-state index in [4.69, 9.17) is 10.2 Å². The Bertz CT molecular complexity index is 304. The number of aromatic carboxylic acids is 1. The van der Waals surface area contributed by atoms with Crippen molar-refractivity contribution in [2.75, 3.05) is 6.54 Å². The zero-order valence-corrected chi connectivity index (χ0v) is 12.3. The van der Waals surface area contributed by atoms with Gasteiger partial charge in [-0.2, -0.15) is 0 Å². The van der Waals surface area contributed by atoms with E-state index in [1.165, 1.54) is 0 Å². The van der Waals surface area contributed by atoms with Crippen molar-refractivity contribution in [3.8, 4) is 0 Å². The van der Waals surface area contributed by atoms with Crippen molar-refractivity contribution in [2.45, 2.75) is 0 Å². The summed E-state index contributed by atoms with van der Waals surface area (Å²) in [7, 11) is 0. The van der Waals surface area contributed by atoms with Gasteiger partial charge in [0.25, 0.3) is 0 Å². The maximum atomic E-state index is 10.2. The fraction of sp³-hybridized carbons (Fsp3) is 0.0909. The molecule has 1 aromatic carbocycles. The molecule has 5 nitrogen and oxygen atoms in total. The number of nitrogens with two attached hydrogens (primary N) is 1. The molecule has 0 unspecified atom stereocenters. The zero-order chi connectivity index (χ0) is 11.0. The molecule has 6 heteroatoms. The molecule has 0 aromatic heterocycles. The Kier molecular flexibility index (Phi) is 22.9. The van der Waals surface area contributed by atoms with E-state index in [0.29, 0.717) is 5.56 Å². The van der Waals surface area contributed by atoms with Crippen LogP contribution in [-0.4, -0.2) is 66.4 Å². The summed E-state index contributed by atoms with van der Waals surface area (Å²) in [6, 6.07) is 8.30. The molecule has 1 aromatic rings. The van der Waals surface area contributed by atoms with Gasteiger partial charge in [0.2, 0.25) is 0 Å². The van der Waals surface area contributed by atoms with Crippen LogP contribution in [0.1, 0.15) is 10.4 Å². The molecule has 0 aliphatic carbocycles. The number of rotatable bonds is 2. The second-order valence-corrected chi connectivity index (χ2v) is 2.27. The van der Waals surface area contributed by atoms with Gasteiger partial charge in [-0.25, -0.2) is 4.79 Å². The molecule has 92 valence electrons. The third-order valence-corrected chi connectivity index (χ3v) is 1.20. The van der Waals surface area contributed by atoms with E-state index in [1.54, 1.807) is 30.3 Å². The summed E-state index contributed by atoms with van der Waals surface area (Å²) in [5, 5.41) is 16.0. The topological polar surface area (TPSA) is 101 Å². The largest absolute Gasteiger partial charge is 2.00 e.